The number of thiophene rings is 1. The molecule has 1 heterocycles. The van der Waals surface area contributed by atoms with Crippen LogP contribution < -0.4 is 5.73 Å². The van der Waals surface area contributed by atoms with Gasteiger partial charge in [-0.2, -0.15) is 0 Å². The second-order valence-electron chi connectivity index (χ2n) is 3.55. The van der Waals surface area contributed by atoms with Crippen LogP contribution in [-0.2, 0) is 11.3 Å². The average molecular weight is 391 g/mol. The third kappa shape index (κ3) is 3.34. The highest BCUT2D eigenvalue weighted by atomic mass is 79.9. The van der Waals surface area contributed by atoms with Crippen molar-refractivity contribution in [3.63, 3.8) is 0 Å². The number of anilines is 1. The van der Waals surface area contributed by atoms with Gasteiger partial charge in [0, 0.05) is 24.9 Å². The molecule has 0 atom stereocenters. The highest BCUT2D eigenvalue weighted by molar-refractivity contribution is 9.10. The summed E-state index contributed by atoms with van der Waals surface area (Å²) in [5.41, 5.74) is 6.61. The summed E-state index contributed by atoms with van der Waals surface area (Å²) in [6.45, 7) is 0.260. The van der Waals surface area contributed by atoms with Gasteiger partial charge in [-0.05, 0) is 56.1 Å². The van der Waals surface area contributed by atoms with Gasteiger partial charge in [-0.1, -0.05) is 0 Å². The van der Waals surface area contributed by atoms with Crippen LogP contribution in [0.4, 0.5) is 5.69 Å². The van der Waals surface area contributed by atoms with E-state index in [4.69, 9.17) is 10.5 Å². The van der Waals surface area contributed by atoms with Crippen LogP contribution in [0.25, 0.3) is 0 Å². The Hall–Kier alpha value is -0.850. The van der Waals surface area contributed by atoms with Gasteiger partial charge in [-0.15, -0.1) is 11.3 Å². The molecule has 0 fully saturated rings. The Morgan fingerprint density at radius 3 is 2.78 bits per heavy atom. The van der Waals surface area contributed by atoms with E-state index < -0.39 is 5.97 Å². The number of ether oxygens (including phenoxy) is 1. The summed E-state index contributed by atoms with van der Waals surface area (Å²) in [5, 5.41) is 1.94. The van der Waals surface area contributed by atoms with E-state index in [9.17, 15) is 4.79 Å². The number of hydrogen-bond acceptors (Lipinski definition) is 4. The molecule has 0 saturated heterocycles. The first-order chi connectivity index (χ1) is 8.56. The van der Waals surface area contributed by atoms with E-state index in [0.717, 1.165) is 9.35 Å². The topological polar surface area (TPSA) is 52.3 Å². The minimum absolute atomic E-state index is 0.260. The molecule has 2 N–H and O–H groups in total. The fourth-order valence-corrected chi connectivity index (χ4v) is 3.11. The normalized spacial score (nSPS) is 10.3. The lowest BCUT2D eigenvalue weighted by Crippen LogP contribution is -2.06. The summed E-state index contributed by atoms with van der Waals surface area (Å²) in [6, 6.07) is 6.97. The molecule has 3 nitrogen and oxygen atoms in total. The van der Waals surface area contributed by atoms with Crippen molar-refractivity contribution in [2.45, 2.75) is 6.61 Å². The molecule has 18 heavy (non-hydrogen) atoms. The highest BCUT2D eigenvalue weighted by Gasteiger charge is 2.12. The molecule has 1 aromatic heterocycles. The van der Waals surface area contributed by atoms with E-state index in [1.807, 2.05) is 11.4 Å². The van der Waals surface area contributed by atoms with Gasteiger partial charge in [-0.3, -0.25) is 0 Å². The van der Waals surface area contributed by atoms with E-state index in [0.29, 0.717) is 15.7 Å². The van der Waals surface area contributed by atoms with Crippen molar-refractivity contribution in [1.29, 1.82) is 0 Å². The van der Waals surface area contributed by atoms with Crippen LogP contribution in [0, 0.1) is 0 Å². The Morgan fingerprint density at radius 1 is 1.33 bits per heavy atom. The Bertz CT molecular complexity index is 583. The minimum Gasteiger partial charge on any atom is -0.456 e. The monoisotopic (exact) mass is 389 g/mol. The van der Waals surface area contributed by atoms with Gasteiger partial charge in [-0.25, -0.2) is 4.79 Å². The Balaban J connectivity index is 2.05. The quantitative estimate of drug-likeness (QED) is 0.630. The molecule has 2 aromatic rings. The molecular formula is C12H9Br2NO2S. The number of nitrogens with two attached hydrogens (primary N) is 1. The number of benzene rings is 1. The predicted octanol–water partition coefficient (Wildman–Crippen LogP) is 4.21. The zero-order chi connectivity index (χ0) is 13.1. The second kappa shape index (κ2) is 5.86. The van der Waals surface area contributed by atoms with Gasteiger partial charge in [0.1, 0.15) is 6.61 Å². The van der Waals surface area contributed by atoms with Crippen molar-refractivity contribution < 1.29 is 9.53 Å². The van der Waals surface area contributed by atoms with Gasteiger partial charge < -0.3 is 10.5 Å². The molecule has 0 bridgehead atoms. The molecule has 0 saturated carbocycles. The molecular weight excluding hydrogens is 382 g/mol. The number of carbonyl (C=O) groups is 1. The summed E-state index contributed by atoms with van der Waals surface area (Å²) < 4.78 is 6.89. The van der Waals surface area contributed by atoms with Crippen molar-refractivity contribution in [3.8, 4) is 0 Å². The standard InChI is InChI=1S/C12H9Br2NO2S/c13-7-3-9(18-6-7)5-17-12(16)10-4-8(15)1-2-11(10)14/h1-4,6H,5,15H2. The maximum absolute atomic E-state index is 11.9. The van der Waals surface area contributed by atoms with Crippen LogP contribution >= 0.6 is 43.2 Å². The fourth-order valence-electron chi connectivity index (χ4n) is 1.34. The molecule has 94 valence electrons. The van der Waals surface area contributed by atoms with E-state index in [1.54, 1.807) is 18.2 Å². The Labute approximate surface area is 125 Å². The van der Waals surface area contributed by atoms with E-state index in [1.165, 1.54) is 11.3 Å². The zero-order valence-corrected chi connectivity index (χ0v) is 13.1. The van der Waals surface area contributed by atoms with Crippen LogP contribution in [-0.4, -0.2) is 5.97 Å². The molecule has 0 aliphatic rings. The van der Waals surface area contributed by atoms with E-state index in [-0.39, 0.29) is 6.61 Å². The number of carbonyl (C=O) groups excluding carboxylic acids is 1. The maximum atomic E-state index is 11.9. The summed E-state index contributed by atoms with van der Waals surface area (Å²) in [5.74, 6) is -0.390. The molecule has 0 aliphatic heterocycles. The van der Waals surface area contributed by atoms with Gasteiger partial charge in [0.15, 0.2) is 0 Å². The molecule has 0 radical (unpaired) electrons. The molecule has 0 unspecified atom stereocenters. The number of esters is 1. The molecule has 2 rings (SSSR count). The molecule has 0 amide bonds. The SMILES string of the molecule is Nc1ccc(Br)c(C(=O)OCc2cc(Br)cs2)c1. The van der Waals surface area contributed by atoms with Crippen LogP contribution in [0.3, 0.4) is 0 Å². The lowest BCUT2D eigenvalue weighted by molar-refractivity contribution is 0.0475. The first kappa shape index (κ1) is 13.6. The van der Waals surface area contributed by atoms with Crippen LogP contribution in [0.1, 0.15) is 15.2 Å². The average Bonchev–Trinajstić information content (AvgIpc) is 2.75. The number of rotatable bonds is 3. The summed E-state index contributed by atoms with van der Waals surface area (Å²) in [4.78, 5) is 12.9. The summed E-state index contributed by atoms with van der Waals surface area (Å²) >= 11 is 8.18. The summed E-state index contributed by atoms with van der Waals surface area (Å²) in [6.07, 6.45) is 0. The van der Waals surface area contributed by atoms with Crippen LogP contribution in [0.2, 0.25) is 0 Å². The molecule has 1 aromatic carbocycles. The number of nitrogen functional groups attached to an aromatic ring is 1. The van der Waals surface area contributed by atoms with Gasteiger partial charge in [0.25, 0.3) is 0 Å². The third-order valence-corrected chi connectivity index (χ3v) is 4.54. The van der Waals surface area contributed by atoms with Crippen molar-refractivity contribution >= 4 is 54.9 Å². The van der Waals surface area contributed by atoms with Gasteiger partial charge in [0.2, 0.25) is 0 Å². The minimum atomic E-state index is -0.390. The highest BCUT2D eigenvalue weighted by Crippen LogP contribution is 2.23. The van der Waals surface area contributed by atoms with E-state index in [2.05, 4.69) is 31.9 Å². The van der Waals surface area contributed by atoms with Crippen LogP contribution in [0.5, 0.6) is 0 Å². The summed E-state index contributed by atoms with van der Waals surface area (Å²) in [7, 11) is 0. The molecule has 0 spiro atoms. The number of halogens is 2. The van der Waals surface area contributed by atoms with Crippen LogP contribution in [0.15, 0.2) is 38.6 Å². The van der Waals surface area contributed by atoms with Gasteiger partial charge in [0.05, 0.1) is 5.56 Å². The van der Waals surface area contributed by atoms with Crippen molar-refractivity contribution in [2.75, 3.05) is 5.73 Å². The Morgan fingerprint density at radius 2 is 2.11 bits per heavy atom. The predicted molar refractivity (Wildman–Crippen MR) is 79.7 cm³/mol. The molecule has 6 heteroatoms. The largest absolute Gasteiger partial charge is 0.456 e. The first-order valence-corrected chi connectivity index (χ1v) is 7.48. The second-order valence-corrected chi connectivity index (χ2v) is 6.31. The van der Waals surface area contributed by atoms with E-state index >= 15 is 0 Å². The van der Waals surface area contributed by atoms with Crippen molar-refractivity contribution in [2.24, 2.45) is 0 Å². The zero-order valence-electron chi connectivity index (χ0n) is 9.15. The van der Waals surface area contributed by atoms with Gasteiger partial charge >= 0.3 is 5.97 Å². The molecule has 0 aliphatic carbocycles. The third-order valence-electron chi connectivity index (χ3n) is 2.18. The lowest BCUT2D eigenvalue weighted by Gasteiger charge is -2.06. The fraction of sp³-hybridized carbons (Fsp3) is 0.0833. The maximum Gasteiger partial charge on any atom is 0.339 e. The van der Waals surface area contributed by atoms with Crippen molar-refractivity contribution in [1.82, 2.24) is 0 Å². The number of hydrogen-bond donors (Lipinski definition) is 1. The van der Waals surface area contributed by atoms with Crippen molar-refractivity contribution in [3.05, 3.63) is 49.0 Å². The first-order valence-electron chi connectivity index (χ1n) is 5.01. The lowest BCUT2D eigenvalue weighted by atomic mass is 10.2. The Kier molecular flexibility index (Phi) is 4.42. The smallest absolute Gasteiger partial charge is 0.339 e.